The van der Waals surface area contributed by atoms with Crippen LogP contribution in [0.25, 0.3) is 0 Å². The van der Waals surface area contributed by atoms with Crippen LogP contribution in [-0.2, 0) is 6.42 Å². The Morgan fingerprint density at radius 1 is 1.33 bits per heavy atom. The van der Waals surface area contributed by atoms with Gasteiger partial charge in [0.15, 0.2) is 0 Å². The molecule has 0 spiro atoms. The van der Waals surface area contributed by atoms with Gasteiger partial charge in [0, 0.05) is 15.5 Å². The molecule has 1 rings (SSSR count). The number of rotatable bonds is 5. The minimum atomic E-state index is 0.228. The molecule has 0 heterocycles. The zero-order valence-electron chi connectivity index (χ0n) is 11.7. The zero-order chi connectivity index (χ0) is 13.8. The molecule has 0 bridgehead atoms. The highest BCUT2D eigenvalue weighted by molar-refractivity contribution is 9.10. The number of hydrogen-bond acceptors (Lipinski definition) is 1. The van der Waals surface area contributed by atoms with E-state index >= 15 is 0 Å². The summed E-state index contributed by atoms with van der Waals surface area (Å²) in [5.41, 5.74) is 1.44. The van der Waals surface area contributed by atoms with Crippen molar-refractivity contribution in [2.45, 2.75) is 46.6 Å². The van der Waals surface area contributed by atoms with Crippen molar-refractivity contribution in [2.75, 3.05) is 6.54 Å². The van der Waals surface area contributed by atoms with E-state index < -0.39 is 0 Å². The molecule has 1 unspecified atom stereocenters. The summed E-state index contributed by atoms with van der Waals surface area (Å²) in [6.45, 7) is 10.1. The maximum absolute atomic E-state index is 6.30. The monoisotopic (exact) mass is 331 g/mol. The molecule has 1 aromatic carbocycles. The Hall–Kier alpha value is -0.0500. The molecule has 0 aliphatic heterocycles. The first-order valence-corrected chi connectivity index (χ1v) is 7.69. The third-order valence-corrected chi connectivity index (χ3v) is 3.97. The van der Waals surface area contributed by atoms with Crippen LogP contribution >= 0.6 is 27.5 Å². The summed E-state index contributed by atoms with van der Waals surface area (Å²) in [6.07, 6.45) is 2.12. The fourth-order valence-corrected chi connectivity index (χ4v) is 2.66. The van der Waals surface area contributed by atoms with E-state index in [1.165, 1.54) is 5.56 Å². The van der Waals surface area contributed by atoms with Crippen LogP contribution < -0.4 is 5.32 Å². The largest absolute Gasteiger partial charge is 0.313 e. The maximum Gasteiger partial charge on any atom is 0.0449 e. The van der Waals surface area contributed by atoms with E-state index in [-0.39, 0.29) is 5.41 Å². The standard InChI is InChI=1S/C15H23BrClN/c1-5-8-18-14(15(2,3)4)9-11-6-7-12(16)10-13(11)17/h6-7,10,14,18H,5,8-9H2,1-4H3. The first kappa shape index (κ1) is 16.0. The van der Waals surface area contributed by atoms with Crippen molar-refractivity contribution in [2.24, 2.45) is 5.41 Å². The van der Waals surface area contributed by atoms with Crippen molar-refractivity contribution in [1.82, 2.24) is 5.32 Å². The van der Waals surface area contributed by atoms with Gasteiger partial charge >= 0.3 is 0 Å². The van der Waals surface area contributed by atoms with E-state index in [0.29, 0.717) is 6.04 Å². The lowest BCUT2D eigenvalue weighted by Gasteiger charge is -2.32. The van der Waals surface area contributed by atoms with E-state index in [4.69, 9.17) is 11.6 Å². The summed E-state index contributed by atoms with van der Waals surface area (Å²) in [7, 11) is 0. The zero-order valence-corrected chi connectivity index (χ0v) is 14.0. The molecule has 0 aromatic heterocycles. The van der Waals surface area contributed by atoms with Crippen molar-refractivity contribution in [3.63, 3.8) is 0 Å². The Bertz CT molecular complexity index is 385. The molecule has 0 fully saturated rings. The summed E-state index contributed by atoms with van der Waals surface area (Å²) in [4.78, 5) is 0. The van der Waals surface area contributed by atoms with Gasteiger partial charge in [0.05, 0.1) is 0 Å². The van der Waals surface area contributed by atoms with E-state index in [1.807, 2.05) is 6.07 Å². The molecule has 1 atom stereocenters. The van der Waals surface area contributed by atoms with Crippen LogP contribution in [0.2, 0.25) is 5.02 Å². The topological polar surface area (TPSA) is 12.0 Å². The van der Waals surface area contributed by atoms with Crippen molar-refractivity contribution in [1.29, 1.82) is 0 Å². The highest BCUT2D eigenvalue weighted by Crippen LogP contribution is 2.27. The van der Waals surface area contributed by atoms with E-state index in [1.54, 1.807) is 0 Å². The lowest BCUT2D eigenvalue weighted by molar-refractivity contribution is 0.267. The van der Waals surface area contributed by atoms with Crippen LogP contribution in [0, 0.1) is 5.41 Å². The van der Waals surface area contributed by atoms with Gasteiger partial charge in [-0.2, -0.15) is 0 Å². The van der Waals surface area contributed by atoms with E-state index in [9.17, 15) is 0 Å². The second-order valence-corrected chi connectivity index (χ2v) is 7.14. The second-order valence-electron chi connectivity index (χ2n) is 5.81. The van der Waals surface area contributed by atoms with Crippen molar-refractivity contribution in [3.8, 4) is 0 Å². The second kappa shape index (κ2) is 6.93. The van der Waals surface area contributed by atoms with Crippen LogP contribution in [-0.4, -0.2) is 12.6 Å². The Balaban J connectivity index is 2.82. The number of hydrogen-bond donors (Lipinski definition) is 1. The van der Waals surface area contributed by atoms with Gasteiger partial charge < -0.3 is 5.32 Å². The molecule has 3 heteroatoms. The van der Waals surface area contributed by atoms with Crippen LogP contribution in [0.5, 0.6) is 0 Å². The summed E-state index contributed by atoms with van der Waals surface area (Å²) in [5.74, 6) is 0. The highest BCUT2D eigenvalue weighted by Gasteiger charge is 2.24. The van der Waals surface area contributed by atoms with Gasteiger partial charge in [-0.15, -0.1) is 0 Å². The molecule has 1 nitrogen and oxygen atoms in total. The normalized spacial score (nSPS) is 13.7. The molecule has 0 aliphatic carbocycles. The Kier molecular flexibility index (Phi) is 6.16. The third-order valence-electron chi connectivity index (χ3n) is 3.13. The molecular weight excluding hydrogens is 310 g/mol. The Morgan fingerprint density at radius 3 is 2.50 bits per heavy atom. The summed E-state index contributed by atoms with van der Waals surface area (Å²) in [6, 6.07) is 6.58. The number of benzene rings is 1. The van der Waals surface area contributed by atoms with Crippen LogP contribution in [0.4, 0.5) is 0 Å². The fourth-order valence-electron chi connectivity index (χ4n) is 1.91. The molecule has 1 aromatic rings. The van der Waals surface area contributed by atoms with Gasteiger partial charge in [0.2, 0.25) is 0 Å². The summed E-state index contributed by atoms with van der Waals surface area (Å²) >= 11 is 9.74. The molecular formula is C15H23BrClN. The number of nitrogens with one attached hydrogen (secondary N) is 1. The predicted molar refractivity (Wildman–Crippen MR) is 84.4 cm³/mol. The molecule has 102 valence electrons. The van der Waals surface area contributed by atoms with E-state index in [2.05, 4.69) is 61.1 Å². The Labute approximate surface area is 124 Å². The van der Waals surface area contributed by atoms with Gasteiger partial charge in [-0.1, -0.05) is 61.3 Å². The van der Waals surface area contributed by atoms with Gasteiger partial charge in [-0.05, 0) is 42.5 Å². The molecule has 0 amide bonds. The van der Waals surface area contributed by atoms with Crippen molar-refractivity contribution >= 4 is 27.5 Å². The molecule has 1 N–H and O–H groups in total. The van der Waals surface area contributed by atoms with Gasteiger partial charge in [0.25, 0.3) is 0 Å². The fraction of sp³-hybridized carbons (Fsp3) is 0.600. The average molecular weight is 333 g/mol. The molecule has 18 heavy (non-hydrogen) atoms. The van der Waals surface area contributed by atoms with Gasteiger partial charge in [-0.25, -0.2) is 0 Å². The van der Waals surface area contributed by atoms with Crippen molar-refractivity contribution < 1.29 is 0 Å². The van der Waals surface area contributed by atoms with Crippen LogP contribution in [0.15, 0.2) is 22.7 Å². The number of halogens is 2. The van der Waals surface area contributed by atoms with E-state index in [0.717, 1.165) is 28.9 Å². The Morgan fingerprint density at radius 2 is 2.00 bits per heavy atom. The smallest absolute Gasteiger partial charge is 0.0449 e. The maximum atomic E-state index is 6.30. The SMILES string of the molecule is CCCNC(Cc1ccc(Br)cc1Cl)C(C)(C)C. The molecule has 0 radical (unpaired) electrons. The third kappa shape index (κ3) is 4.91. The first-order chi connectivity index (χ1) is 8.34. The quantitative estimate of drug-likeness (QED) is 0.794. The molecule has 0 saturated carbocycles. The molecule has 0 saturated heterocycles. The lowest BCUT2D eigenvalue weighted by atomic mass is 9.83. The summed E-state index contributed by atoms with van der Waals surface area (Å²) in [5, 5.41) is 4.47. The predicted octanol–water partition coefficient (Wildman–Crippen LogP) is 5.06. The first-order valence-electron chi connectivity index (χ1n) is 6.52. The lowest BCUT2D eigenvalue weighted by Crippen LogP contribution is -2.42. The minimum absolute atomic E-state index is 0.228. The highest BCUT2D eigenvalue weighted by atomic mass is 79.9. The summed E-state index contributed by atoms with van der Waals surface area (Å²) < 4.78 is 1.03. The van der Waals surface area contributed by atoms with Crippen LogP contribution in [0.1, 0.15) is 39.7 Å². The van der Waals surface area contributed by atoms with Gasteiger partial charge in [-0.3, -0.25) is 0 Å². The average Bonchev–Trinajstić information content (AvgIpc) is 2.25. The van der Waals surface area contributed by atoms with Gasteiger partial charge in [0.1, 0.15) is 0 Å². The molecule has 0 aliphatic rings. The van der Waals surface area contributed by atoms with Crippen LogP contribution in [0.3, 0.4) is 0 Å². The minimum Gasteiger partial charge on any atom is -0.313 e. The van der Waals surface area contributed by atoms with Crippen molar-refractivity contribution in [3.05, 3.63) is 33.3 Å².